The molecule has 0 radical (unpaired) electrons. The molecule has 3 N–H and O–H groups in total. The first-order chi connectivity index (χ1) is 33.3. The minimum absolute atomic E-state index is 0.0178. The number of unbranched alkanes of at least 4 members (excludes halogenated alkanes) is 11. The van der Waals surface area contributed by atoms with Gasteiger partial charge in [-0.25, -0.2) is 9.59 Å². The SMILES string of the molecule is C=CCOC12Oc3ccc(OC(=O)NCCCCCCCCCCCC)cc3C3C(CCCCO)C(CCCCO)C=C(C(=NOCC)CC1N(CCC)C(=O)OCCOCc1ccccc1)C32. The summed E-state index contributed by atoms with van der Waals surface area (Å²) in [6.45, 7) is 12.4. The highest BCUT2D eigenvalue weighted by molar-refractivity contribution is 6.03. The van der Waals surface area contributed by atoms with E-state index >= 15 is 0 Å². The summed E-state index contributed by atoms with van der Waals surface area (Å²) >= 11 is 0. The highest BCUT2D eigenvalue weighted by Gasteiger charge is 2.65. The first-order valence-electron chi connectivity index (χ1n) is 26.1. The maximum Gasteiger partial charge on any atom is 0.412 e. The predicted octanol–water partition coefficient (Wildman–Crippen LogP) is 11.4. The molecule has 5 rings (SSSR count). The van der Waals surface area contributed by atoms with Gasteiger partial charge in [0.1, 0.15) is 30.8 Å². The van der Waals surface area contributed by atoms with Crippen LogP contribution in [0.5, 0.6) is 11.5 Å². The van der Waals surface area contributed by atoms with Gasteiger partial charge in [-0.1, -0.05) is 132 Å². The number of ether oxygens (including phenoxy) is 5. The van der Waals surface area contributed by atoms with Gasteiger partial charge in [0.05, 0.1) is 31.5 Å². The molecule has 0 bridgehead atoms. The van der Waals surface area contributed by atoms with Crippen LogP contribution in [-0.4, -0.2) is 97.6 Å². The molecule has 0 spiro atoms. The molecule has 0 saturated heterocycles. The van der Waals surface area contributed by atoms with Crippen LogP contribution in [0.25, 0.3) is 0 Å². The number of amides is 2. The number of benzene rings is 2. The summed E-state index contributed by atoms with van der Waals surface area (Å²) < 4.78 is 32.2. The summed E-state index contributed by atoms with van der Waals surface area (Å²) in [5.74, 6) is -1.14. The molecule has 13 nitrogen and oxygen atoms in total. The van der Waals surface area contributed by atoms with Crippen LogP contribution in [0.1, 0.15) is 153 Å². The van der Waals surface area contributed by atoms with Crippen LogP contribution in [0.4, 0.5) is 9.59 Å². The van der Waals surface area contributed by atoms with Crippen molar-refractivity contribution in [2.45, 2.75) is 161 Å². The van der Waals surface area contributed by atoms with E-state index in [2.05, 4.69) is 24.9 Å². The van der Waals surface area contributed by atoms with Crippen molar-refractivity contribution in [1.82, 2.24) is 10.2 Å². The van der Waals surface area contributed by atoms with Gasteiger partial charge in [0.2, 0.25) is 5.79 Å². The fraction of sp³-hybridized carbons (Fsp3) is 0.655. The number of aliphatic hydroxyl groups is 2. The molecule has 2 amide bonds. The van der Waals surface area contributed by atoms with Crippen LogP contribution in [0, 0.1) is 17.8 Å². The minimum Gasteiger partial charge on any atom is -0.459 e. The Morgan fingerprint density at radius 1 is 0.882 bits per heavy atom. The summed E-state index contributed by atoms with van der Waals surface area (Å²) in [4.78, 5) is 35.4. The third-order valence-corrected chi connectivity index (χ3v) is 13.6. The van der Waals surface area contributed by atoms with E-state index in [4.69, 9.17) is 33.7 Å². The summed E-state index contributed by atoms with van der Waals surface area (Å²) in [5, 5.41) is 27.6. The number of nitrogens with one attached hydrogen (secondary N) is 1. The highest BCUT2D eigenvalue weighted by atomic mass is 16.7. The zero-order chi connectivity index (χ0) is 48.4. The summed E-state index contributed by atoms with van der Waals surface area (Å²) in [7, 11) is 0. The quantitative estimate of drug-likeness (QED) is 0.0357. The van der Waals surface area contributed by atoms with Crippen LogP contribution < -0.4 is 14.8 Å². The molecule has 1 fully saturated rings. The monoisotopic (exact) mass is 946 g/mol. The van der Waals surface area contributed by atoms with Crippen molar-refractivity contribution in [3.63, 3.8) is 0 Å². The third-order valence-electron chi connectivity index (χ3n) is 13.6. The molecule has 6 atom stereocenters. The lowest BCUT2D eigenvalue weighted by Gasteiger charge is -2.59. The summed E-state index contributed by atoms with van der Waals surface area (Å²) in [6, 6.07) is 14.7. The molecule has 1 heterocycles. The summed E-state index contributed by atoms with van der Waals surface area (Å²) in [5.41, 5.74) is 3.54. The molecule has 2 aromatic rings. The molecule has 68 heavy (non-hydrogen) atoms. The molecule has 13 heteroatoms. The van der Waals surface area contributed by atoms with E-state index in [9.17, 15) is 19.8 Å². The Bertz CT molecular complexity index is 1860. The molecule has 0 aromatic heterocycles. The van der Waals surface area contributed by atoms with Crippen molar-refractivity contribution in [1.29, 1.82) is 0 Å². The molecule has 6 unspecified atom stereocenters. The van der Waals surface area contributed by atoms with Crippen molar-refractivity contribution in [2.24, 2.45) is 22.9 Å². The van der Waals surface area contributed by atoms with Gasteiger partial charge >= 0.3 is 12.2 Å². The Hall–Kier alpha value is -4.43. The number of carbonyl (C=O) groups is 2. The average Bonchev–Trinajstić information content (AvgIpc) is 3.35. The Labute approximate surface area is 407 Å². The number of hydrogen-bond acceptors (Lipinski definition) is 11. The zero-order valence-corrected chi connectivity index (χ0v) is 41.5. The van der Waals surface area contributed by atoms with Crippen molar-refractivity contribution < 1.29 is 48.3 Å². The van der Waals surface area contributed by atoms with Crippen molar-refractivity contribution >= 4 is 17.9 Å². The summed E-state index contributed by atoms with van der Waals surface area (Å²) in [6.07, 6.45) is 20.5. The van der Waals surface area contributed by atoms with E-state index in [0.29, 0.717) is 62.8 Å². The Morgan fingerprint density at radius 3 is 2.29 bits per heavy atom. The average molecular weight is 946 g/mol. The van der Waals surface area contributed by atoms with Gasteiger partial charge in [0, 0.05) is 44.2 Å². The molecule has 1 aliphatic heterocycles. The molecule has 2 aliphatic carbocycles. The number of nitrogens with zero attached hydrogens (tertiary/aromatic N) is 2. The lowest BCUT2D eigenvalue weighted by atomic mass is 9.55. The molecule has 1 saturated carbocycles. The van der Waals surface area contributed by atoms with Gasteiger partial charge in [-0.2, -0.15) is 0 Å². The lowest BCUT2D eigenvalue weighted by molar-refractivity contribution is -0.255. The number of aliphatic hydroxyl groups excluding tert-OH is 2. The molecular formula is C55H83N3O10. The van der Waals surface area contributed by atoms with Crippen LogP contribution >= 0.6 is 0 Å². The smallest absolute Gasteiger partial charge is 0.412 e. The van der Waals surface area contributed by atoms with Gasteiger partial charge in [-0.05, 0) is 86.6 Å². The molecular weight excluding hydrogens is 863 g/mol. The van der Waals surface area contributed by atoms with Gasteiger partial charge in [0.15, 0.2) is 0 Å². The maximum absolute atomic E-state index is 14.5. The number of rotatable bonds is 33. The van der Waals surface area contributed by atoms with Crippen LogP contribution in [0.2, 0.25) is 0 Å². The lowest BCUT2D eigenvalue weighted by Crippen LogP contribution is -2.70. The van der Waals surface area contributed by atoms with Crippen molar-refractivity contribution in [3.8, 4) is 11.5 Å². The van der Waals surface area contributed by atoms with Crippen molar-refractivity contribution in [3.05, 3.63) is 84.0 Å². The third kappa shape index (κ3) is 15.5. The van der Waals surface area contributed by atoms with Crippen molar-refractivity contribution in [2.75, 3.05) is 52.7 Å². The molecule has 378 valence electrons. The van der Waals surface area contributed by atoms with Gasteiger partial charge in [-0.15, -0.1) is 6.58 Å². The van der Waals surface area contributed by atoms with Gasteiger partial charge in [-0.3, -0.25) is 4.90 Å². The van der Waals surface area contributed by atoms with E-state index in [0.717, 1.165) is 61.6 Å². The van der Waals surface area contributed by atoms with E-state index in [-0.39, 0.29) is 57.2 Å². The van der Waals surface area contributed by atoms with E-state index in [1.165, 1.54) is 44.9 Å². The first-order valence-corrected chi connectivity index (χ1v) is 26.1. The Balaban J connectivity index is 1.48. The first kappa shape index (κ1) is 54.5. The van der Waals surface area contributed by atoms with E-state index < -0.39 is 29.9 Å². The Morgan fingerprint density at radius 2 is 1.60 bits per heavy atom. The Kier molecular flexibility index (Phi) is 24.2. The number of hydrogen-bond donors (Lipinski definition) is 3. The second kappa shape index (κ2) is 30.2. The highest BCUT2D eigenvalue weighted by Crippen LogP contribution is 2.62. The number of oxime groups is 1. The molecule has 2 aromatic carbocycles. The fourth-order valence-electron chi connectivity index (χ4n) is 10.5. The van der Waals surface area contributed by atoms with E-state index in [1.807, 2.05) is 56.3 Å². The molecule has 3 aliphatic rings. The largest absolute Gasteiger partial charge is 0.459 e. The van der Waals surface area contributed by atoms with Crippen LogP contribution in [0.15, 0.2) is 78.0 Å². The maximum atomic E-state index is 14.5. The predicted molar refractivity (Wildman–Crippen MR) is 267 cm³/mol. The van der Waals surface area contributed by atoms with Crippen LogP contribution in [-0.2, 0) is 25.7 Å². The fourth-order valence-corrected chi connectivity index (χ4v) is 10.5. The number of allylic oxidation sites excluding steroid dienone is 1. The minimum atomic E-state index is -1.43. The number of fused-ring (bicyclic) bond motifs is 2. The van der Waals surface area contributed by atoms with Gasteiger partial charge in [0.25, 0.3) is 0 Å². The van der Waals surface area contributed by atoms with Crippen LogP contribution in [0.3, 0.4) is 0 Å². The topological polar surface area (TPSA) is 158 Å². The second-order valence-corrected chi connectivity index (χ2v) is 18.5. The standard InChI is InChI=1S/C55H83N3O10/c1-5-9-10-11-12-13-14-15-16-22-31-56-53(61)67-44-29-30-49-47(39-44)51-45(28-21-24-34-60)43(27-20-23-33-59)38-46-48(57-66-8-4)40-50(55(68-49,52(46)51)65-35-7-3)58(32-6-2)54(62)64-37-36-63-41-42-25-18-17-19-26-42/h7,17-19,25-26,29-30,38-39,43,45,50-52,59-60H,3,5-6,8-16,20-24,27-28,31-37,40-41H2,1-2,4H3,(H,56,61). The zero-order valence-electron chi connectivity index (χ0n) is 41.5. The second-order valence-electron chi connectivity index (χ2n) is 18.5. The number of carbonyl (C=O) groups excluding carboxylic acids is 2. The van der Waals surface area contributed by atoms with E-state index in [1.54, 1.807) is 17.0 Å². The van der Waals surface area contributed by atoms with Gasteiger partial charge < -0.3 is 44.1 Å². The normalized spacial score (nSPS) is 22.0.